The number of alkyl halides is 1. The first-order valence-corrected chi connectivity index (χ1v) is 15.9. The number of carbonyl (C=O) groups is 3. The van der Waals surface area contributed by atoms with Crippen molar-refractivity contribution in [3.8, 4) is 0 Å². The average Bonchev–Trinajstić information content (AvgIpc) is 3.75. The maximum absolute atomic E-state index is 14.5. The van der Waals surface area contributed by atoms with Gasteiger partial charge in [-0.3, -0.25) is 14.4 Å². The van der Waals surface area contributed by atoms with Crippen molar-refractivity contribution in [3.63, 3.8) is 0 Å². The topological polar surface area (TPSA) is 129 Å². The predicted molar refractivity (Wildman–Crippen MR) is 166 cm³/mol. The van der Waals surface area contributed by atoms with Crippen molar-refractivity contribution in [2.75, 3.05) is 11.9 Å². The summed E-state index contributed by atoms with van der Waals surface area (Å²) in [6.07, 6.45) is 0.529. The lowest BCUT2D eigenvalue weighted by Crippen LogP contribution is -2.55. The Balaban J connectivity index is 1.26. The van der Waals surface area contributed by atoms with Crippen LogP contribution in [0, 0.1) is 11.8 Å². The van der Waals surface area contributed by atoms with E-state index in [0.717, 1.165) is 11.1 Å². The van der Waals surface area contributed by atoms with Crippen LogP contribution < -0.4 is 10.6 Å². The van der Waals surface area contributed by atoms with E-state index in [1.54, 1.807) is 16.4 Å². The SMILES string of the molecule is O=C(NCn1nnc2ccccc21)C1N([C@H](CO)c2ccccc2)C(=O)[C@@H]2[C@@H](C(=O)Nc3ccccc3)[C@@H]3SC12CC3Br. The molecule has 4 heterocycles. The number of amides is 3. The molecule has 0 saturated carbocycles. The van der Waals surface area contributed by atoms with E-state index in [1.807, 2.05) is 84.9 Å². The highest BCUT2D eigenvalue weighted by molar-refractivity contribution is 9.09. The van der Waals surface area contributed by atoms with Gasteiger partial charge in [0.2, 0.25) is 17.7 Å². The highest BCUT2D eigenvalue weighted by atomic mass is 79.9. The molecule has 7 atom stereocenters. The fourth-order valence-corrected chi connectivity index (χ4v) is 10.7. The van der Waals surface area contributed by atoms with Crippen molar-refractivity contribution in [2.24, 2.45) is 11.8 Å². The first-order valence-electron chi connectivity index (χ1n) is 14.1. The molecule has 1 spiro atoms. The molecule has 3 fully saturated rings. The van der Waals surface area contributed by atoms with Crippen LogP contribution in [-0.4, -0.2) is 70.2 Å². The Morgan fingerprint density at radius 2 is 1.72 bits per heavy atom. The summed E-state index contributed by atoms with van der Waals surface area (Å²) in [6.45, 7) is -0.319. The number of nitrogens with one attached hydrogen (secondary N) is 2. The molecule has 7 rings (SSSR count). The summed E-state index contributed by atoms with van der Waals surface area (Å²) in [5.74, 6) is -2.30. The number of carbonyl (C=O) groups excluding carboxylic acids is 3. The molecule has 4 aromatic rings. The monoisotopic (exact) mass is 660 g/mol. The minimum Gasteiger partial charge on any atom is -0.394 e. The summed E-state index contributed by atoms with van der Waals surface area (Å²) in [5, 5.41) is 24.8. The molecule has 3 saturated heterocycles. The summed E-state index contributed by atoms with van der Waals surface area (Å²) in [7, 11) is 0. The van der Waals surface area contributed by atoms with E-state index in [4.69, 9.17) is 0 Å². The number of rotatable bonds is 8. The molecule has 220 valence electrons. The molecule has 0 aliphatic carbocycles. The van der Waals surface area contributed by atoms with Gasteiger partial charge in [-0.2, -0.15) is 0 Å². The summed E-state index contributed by atoms with van der Waals surface area (Å²) >= 11 is 5.35. The minimum absolute atomic E-state index is 0.0531. The molecule has 12 heteroatoms. The van der Waals surface area contributed by atoms with E-state index in [1.165, 1.54) is 4.90 Å². The number of nitrogens with zero attached hydrogens (tertiary/aromatic N) is 4. The molecular weight excluding hydrogens is 632 g/mol. The molecule has 1 aromatic heterocycles. The molecule has 3 unspecified atom stereocenters. The van der Waals surface area contributed by atoms with E-state index < -0.39 is 28.7 Å². The van der Waals surface area contributed by atoms with Crippen molar-refractivity contribution in [3.05, 3.63) is 90.5 Å². The zero-order chi connectivity index (χ0) is 29.7. The van der Waals surface area contributed by atoms with E-state index in [0.29, 0.717) is 17.6 Å². The van der Waals surface area contributed by atoms with Crippen LogP contribution in [0.15, 0.2) is 84.9 Å². The summed E-state index contributed by atoms with van der Waals surface area (Å²) in [5.41, 5.74) is 2.84. The van der Waals surface area contributed by atoms with Crippen LogP contribution in [0.4, 0.5) is 5.69 Å². The molecule has 43 heavy (non-hydrogen) atoms. The Bertz CT molecular complexity index is 1690. The lowest BCUT2D eigenvalue weighted by molar-refractivity contribution is -0.142. The van der Waals surface area contributed by atoms with Crippen molar-refractivity contribution in [2.45, 2.75) is 40.0 Å². The maximum atomic E-state index is 14.5. The fraction of sp³-hybridized carbons (Fsp3) is 0.323. The second-order valence-corrected chi connectivity index (χ2v) is 13.9. The number of para-hydroxylation sites is 2. The highest BCUT2D eigenvalue weighted by Gasteiger charge is 2.76. The number of aliphatic hydroxyl groups is 1. The Labute approximate surface area is 260 Å². The number of likely N-dealkylation sites (tertiary alicyclic amines) is 1. The number of aliphatic hydroxyl groups excluding tert-OH is 1. The highest BCUT2D eigenvalue weighted by Crippen LogP contribution is 2.68. The van der Waals surface area contributed by atoms with Gasteiger partial charge in [-0.25, -0.2) is 4.68 Å². The number of fused-ring (bicyclic) bond motifs is 2. The Morgan fingerprint density at radius 3 is 2.47 bits per heavy atom. The summed E-state index contributed by atoms with van der Waals surface area (Å²) < 4.78 is 0.734. The standard InChI is InChI=1S/C31H29BrN6O4S/c32-20-15-31-25(24(26(20)43-31)28(40)34-19-11-5-2-6-12-19)30(42)38(23(16-39)18-9-3-1-4-10-18)27(31)29(41)33-17-37-22-14-8-7-13-21(22)35-36-37/h1-14,20,23-27,39H,15-17H2,(H,33,41)(H,34,40)/t20?,23-,24-,25+,26-,27?,31?/m1/s1. The van der Waals surface area contributed by atoms with Crippen LogP contribution >= 0.6 is 27.7 Å². The van der Waals surface area contributed by atoms with Gasteiger partial charge in [0.25, 0.3) is 0 Å². The first-order chi connectivity index (χ1) is 20.9. The third-order valence-corrected chi connectivity index (χ3v) is 12.1. The number of anilines is 1. The van der Waals surface area contributed by atoms with Crippen molar-refractivity contribution in [1.29, 1.82) is 0 Å². The maximum Gasteiger partial charge on any atom is 0.245 e. The van der Waals surface area contributed by atoms with E-state index in [-0.39, 0.29) is 41.1 Å². The van der Waals surface area contributed by atoms with E-state index >= 15 is 0 Å². The van der Waals surface area contributed by atoms with Gasteiger partial charge in [-0.15, -0.1) is 16.9 Å². The van der Waals surface area contributed by atoms with Crippen LogP contribution in [0.1, 0.15) is 18.0 Å². The number of benzene rings is 3. The van der Waals surface area contributed by atoms with Gasteiger partial charge >= 0.3 is 0 Å². The van der Waals surface area contributed by atoms with Gasteiger partial charge in [0.1, 0.15) is 18.2 Å². The van der Waals surface area contributed by atoms with Crippen molar-refractivity contribution >= 4 is 62.1 Å². The van der Waals surface area contributed by atoms with Crippen LogP contribution in [0.3, 0.4) is 0 Å². The zero-order valence-corrected chi connectivity index (χ0v) is 25.3. The predicted octanol–water partition coefficient (Wildman–Crippen LogP) is 3.34. The molecular formula is C31H29BrN6O4S. The molecule has 3 N–H and O–H groups in total. The third kappa shape index (κ3) is 4.54. The zero-order valence-electron chi connectivity index (χ0n) is 22.9. The molecule has 3 aliphatic rings. The van der Waals surface area contributed by atoms with Crippen molar-refractivity contribution < 1.29 is 19.5 Å². The van der Waals surface area contributed by atoms with Gasteiger partial charge in [0, 0.05) is 15.8 Å². The molecule has 10 nitrogen and oxygen atoms in total. The van der Waals surface area contributed by atoms with E-state index in [2.05, 4.69) is 36.9 Å². The molecule has 0 radical (unpaired) electrons. The van der Waals surface area contributed by atoms with Gasteiger partial charge in [0.15, 0.2) is 0 Å². The lowest BCUT2D eigenvalue weighted by atomic mass is 9.70. The summed E-state index contributed by atoms with van der Waals surface area (Å²) in [4.78, 5) is 44.2. The van der Waals surface area contributed by atoms with Crippen LogP contribution in [0.5, 0.6) is 0 Å². The van der Waals surface area contributed by atoms with E-state index in [9.17, 15) is 19.5 Å². The van der Waals surface area contributed by atoms with Crippen LogP contribution in [0.25, 0.3) is 11.0 Å². The number of aromatic nitrogens is 3. The molecule has 2 bridgehead atoms. The Kier molecular flexibility index (Phi) is 7.22. The number of halogens is 1. The molecule has 3 aromatic carbocycles. The van der Waals surface area contributed by atoms with Crippen molar-refractivity contribution in [1.82, 2.24) is 25.2 Å². The summed E-state index contributed by atoms with van der Waals surface area (Å²) in [6, 6.07) is 24.2. The second-order valence-electron chi connectivity index (χ2n) is 11.2. The average molecular weight is 662 g/mol. The fourth-order valence-electron chi connectivity index (χ4n) is 7.06. The Hall–Kier alpha value is -3.74. The third-order valence-electron chi connectivity index (χ3n) is 8.84. The smallest absolute Gasteiger partial charge is 0.245 e. The van der Waals surface area contributed by atoms with Crippen LogP contribution in [0.2, 0.25) is 0 Å². The lowest BCUT2D eigenvalue weighted by Gasteiger charge is -2.37. The second kappa shape index (κ2) is 11.1. The van der Waals surface area contributed by atoms with Crippen LogP contribution in [-0.2, 0) is 21.1 Å². The normalized spacial score (nSPS) is 28.2. The first kappa shape index (κ1) is 28.1. The van der Waals surface area contributed by atoms with Gasteiger partial charge in [-0.1, -0.05) is 81.8 Å². The Morgan fingerprint density at radius 1 is 1.02 bits per heavy atom. The largest absolute Gasteiger partial charge is 0.394 e. The quantitative estimate of drug-likeness (QED) is 0.247. The van der Waals surface area contributed by atoms with Gasteiger partial charge in [-0.05, 0) is 36.2 Å². The number of hydrogen-bond donors (Lipinski definition) is 3. The molecule has 3 amide bonds. The van der Waals surface area contributed by atoms with Gasteiger partial charge < -0.3 is 20.6 Å². The molecule has 3 aliphatic heterocycles. The van der Waals surface area contributed by atoms with Gasteiger partial charge in [0.05, 0.1) is 34.7 Å². The minimum atomic E-state index is -0.929. The number of thioether (sulfide) groups is 1. The number of hydrogen-bond acceptors (Lipinski definition) is 7.